The Morgan fingerprint density at radius 1 is 1.19 bits per heavy atom. The van der Waals surface area contributed by atoms with Crippen LogP contribution in [0.4, 0.5) is 5.69 Å². The number of nitrogens with two attached hydrogens (primary N) is 2. The molecule has 0 heterocycles. The predicted molar refractivity (Wildman–Crippen MR) is 69.2 cm³/mol. The Kier molecular flexibility index (Phi) is 2.60. The summed E-state index contributed by atoms with van der Waals surface area (Å²) in [5, 5.41) is 0. The first-order valence-electron chi connectivity index (χ1n) is 5.51. The minimum Gasteiger partial charge on any atom is -0.399 e. The fourth-order valence-corrected chi connectivity index (χ4v) is 1.87. The van der Waals surface area contributed by atoms with E-state index in [1.165, 1.54) is 5.56 Å². The molecule has 0 aliphatic heterocycles. The van der Waals surface area contributed by atoms with Crippen LogP contribution in [0.2, 0.25) is 0 Å². The average Bonchev–Trinajstić information content (AvgIpc) is 2.22. The van der Waals surface area contributed by atoms with Crippen molar-refractivity contribution < 1.29 is 0 Å². The van der Waals surface area contributed by atoms with E-state index in [0.29, 0.717) is 5.92 Å². The highest BCUT2D eigenvalue weighted by atomic mass is 14.7. The van der Waals surface area contributed by atoms with Gasteiger partial charge in [0.15, 0.2) is 0 Å². The highest BCUT2D eigenvalue weighted by Crippen LogP contribution is 2.27. The van der Waals surface area contributed by atoms with Crippen molar-refractivity contribution in [1.82, 2.24) is 0 Å². The van der Waals surface area contributed by atoms with E-state index in [1.54, 1.807) is 0 Å². The molecule has 0 spiro atoms. The average molecular weight is 214 g/mol. The van der Waals surface area contributed by atoms with Crippen LogP contribution in [0.15, 0.2) is 42.5 Å². The number of nitrogen functional groups attached to an aromatic ring is 1. The van der Waals surface area contributed by atoms with Crippen molar-refractivity contribution in [3.8, 4) is 0 Å². The number of hydrogen-bond acceptors (Lipinski definition) is 2. The highest BCUT2D eigenvalue weighted by Gasteiger charge is 2.16. The normalized spacial score (nSPS) is 28.3. The van der Waals surface area contributed by atoms with Crippen LogP contribution in [0, 0.1) is 6.92 Å². The van der Waals surface area contributed by atoms with E-state index in [-0.39, 0.29) is 5.54 Å². The van der Waals surface area contributed by atoms with Crippen LogP contribution in [-0.4, -0.2) is 5.54 Å². The van der Waals surface area contributed by atoms with Crippen LogP contribution in [0.3, 0.4) is 0 Å². The summed E-state index contributed by atoms with van der Waals surface area (Å²) in [6, 6.07) is 6.16. The lowest BCUT2D eigenvalue weighted by atomic mass is 9.87. The summed E-state index contributed by atoms with van der Waals surface area (Å²) in [6.45, 7) is 4.02. The third-order valence-electron chi connectivity index (χ3n) is 3.00. The van der Waals surface area contributed by atoms with E-state index in [2.05, 4.69) is 24.3 Å². The van der Waals surface area contributed by atoms with E-state index < -0.39 is 0 Å². The largest absolute Gasteiger partial charge is 0.399 e. The van der Waals surface area contributed by atoms with Gasteiger partial charge in [-0.05, 0) is 31.0 Å². The third kappa shape index (κ3) is 2.17. The van der Waals surface area contributed by atoms with Crippen molar-refractivity contribution in [1.29, 1.82) is 0 Å². The van der Waals surface area contributed by atoms with Crippen molar-refractivity contribution in [2.45, 2.75) is 25.3 Å². The Balaban J connectivity index is 2.27. The summed E-state index contributed by atoms with van der Waals surface area (Å²) in [5.74, 6) is 0.316. The second kappa shape index (κ2) is 3.80. The zero-order chi connectivity index (χ0) is 11.8. The molecule has 1 aliphatic carbocycles. The van der Waals surface area contributed by atoms with Crippen molar-refractivity contribution in [3.63, 3.8) is 0 Å². The third-order valence-corrected chi connectivity index (χ3v) is 3.00. The van der Waals surface area contributed by atoms with Crippen molar-refractivity contribution in [3.05, 3.63) is 53.6 Å². The zero-order valence-electron chi connectivity index (χ0n) is 9.77. The Morgan fingerprint density at radius 3 is 2.38 bits per heavy atom. The maximum absolute atomic E-state index is 5.98. The van der Waals surface area contributed by atoms with Crippen LogP contribution >= 0.6 is 0 Å². The second-order valence-electron chi connectivity index (χ2n) is 4.73. The van der Waals surface area contributed by atoms with Crippen molar-refractivity contribution in [2.75, 3.05) is 5.73 Å². The predicted octanol–water partition coefficient (Wildman–Crippen LogP) is 2.50. The fourth-order valence-electron chi connectivity index (χ4n) is 1.87. The summed E-state index contributed by atoms with van der Waals surface area (Å²) in [6.07, 6.45) is 8.38. The lowest BCUT2D eigenvalue weighted by Crippen LogP contribution is -2.32. The van der Waals surface area contributed by atoms with E-state index >= 15 is 0 Å². The molecular weight excluding hydrogens is 196 g/mol. The quantitative estimate of drug-likeness (QED) is 0.557. The van der Waals surface area contributed by atoms with Crippen LogP contribution in [0.25, 0.3) is 0 Å². The van der Waals surface area contributed by atoms with Gasteiger partial charge in [0.2, 0.25) is 0 Å². The summed E-state index contributed by atoms with van der Waals surface area (Å²) >= 11 is 0. The molecule has 0 atom stereocenters. The molecule has 4 N–H and O–H groups in total. The molecule has 2 heteroatoms. The van der Waals surface area contributed by atoms with Gasteiger partial charge in [-0.2, -0.15) is 0 Å². The Labute approximate surface area is 96.6 Å². The molecule has 1 aliphatic rings. The molecule has 0 saturated carbocycles. The molecule has 2 rings (SSSR count). The van der Waals surface area contributed by atoms with Crippen molar-refractivity contribution >= 4 is 5.69 Å². The smallest absolute Gasteiger partial charge is 0.0496 e. The molecule has 0 fully saturated rings. The first kappa shape index (κ1) is 11.0. The number of allylic oxidation sites excluding steroid dienone is 2. The van der Waals surface area contributed by atoms with Gasteiger partial charge >= 0.3 is 0 Å². The Morgan fingerprint density at radius 2 is 1.81 bits per heavy atom. The van der Waals surface area contributed by atoms with E-state index in [4.69, 9.17) is 11.5 Å². The molecule has 0 unspecified atom stereocenters. The summed E-state index contributed by atoms with van der Waals surface area (Å²) in [7, 11) is 0. The number of rotatable bonds is 1. The monoisotopic (exact) mass is 214 g/mol. The molecular formula is C14H18N2. The number of anilines is 1. The Bertz CT molecular complexity index is 440. The minimum atomic E-state index is -0.306. The topological polar surface area (TPSA) is 52.0 Å². The van der Waals surface area contributed by atoms with Gasteiger partial charge in [0.05, 0.1) is 0 Å². The molecule has 1 aromatic carbocycles. The minimum absolute atomic E-state index is 0.306. The standard InChI is InChI=1S/C14H18N2/c1-10-9-12(3-4-13(10)15)11-5-7-14(2,16)8-6-11/h3-9,11H,15-16H2,1-2H3. The molecule has 2 nitrogen and oxygen atoms in total. The summed E-state index contributed by atoms with van der Waals surface area (Å²) < 4.78 is 0. The summed E-state index contributed by atoms with van der Waals surface area (Å²) in [5.41, 5.74) is 14.7. The number of hydrogen-bond donors (Lipinski definition) is 2. The Hall–Kier alpha value is -1.54. The van der Waals surface area contributed by atoms with Gasteiger partial charge in [-0.3, -0.25) is 0 Å². The van der Waals surface area contributed by atoms with Gasteiger partial charge < -0.3 is 11.5 Å². The van der Waals surface area contributed by atoms with Gasteiger partial charge in [0.1, 0.15) is 0 Å². The highest BCUT2D eigenvalue weighted by molar-refractivity contribution is 5.50. The van der Waals surface area contributed by atoms with Crippen LogP contribution in [0.5, 0.6) is 0 Å². The van der Waals surface area contributed by atoms with E-state index in [9.17, 15) is 0 Å². The molecule has 1 aromatic rings. The first-order chi connectivity index (χ1) is 7.48. The van der Waals surface area contributed by atoms with Crippen LogP contribution in [-0.2, 0) is 0 Å². The van der Waals surface area contributed by atoms with E-state index in [0.717, 1.165) is 11.3 Å². The second-order valence-corrected chi connectivity index (χ2v) is 4.73. The molecule has 0 aromatic heterocycles. The lowest BCUT2D eigenvalue weighted by Gasteiger charge is -2.22. The van der Waals surface area contributed by atoms with Gasteiger partial charge in [0.25, 0.3) is 0 Å². The molecule has 0 bridgehead atoms. The van der Waals surface area contributed by atoms with Gasteiger partial charge in [0, 0.05) is 17.1 Å². The van der Waals surface area contributed by atoms with Crippen molar-refractivity contribution in [2.24, 2.45) is 5.73 Å². The molecule has 0 amide bonds. The van der Waals surface area contributed by atoms with Crippen LogP contribution in [0.1, 0.15) is 24.0 Å². The van der Waals surface area contributed by atoms with Gasteiger partial charge in [-0.1, -0.05) is 36.4 Å². The molecule has 0 saturated heterocycles. The lowest BCUT2D eigenvalue weighted by molar-refractivity contribution is 0.712. The SMILES string of the molecule is Cc1cc(C2C=CC(C)(N)C=C2)ccc1N. The number of aryl methyl sites for hydroxylation is 1. The maximum Gasteiger partial charge on any atom is 0.0496 e. The maximum atomic E-state index is 5.98. The van der Waals surface area contributed by atoms with Crippen LogP contribution < -0.4 is 11.5 Å². The van der Waals surface area contributed by atoms with E-state index in [1.807, 2.05) is 32.1 Å². The fraction of sp³-hybridized carbons (Fsp3) is 0.286. The molecule has 16 heavy (non-hydrogen) atoms. The zero-order valence-corrected chi connectivity index (χ0v) is 9.77. The molecule has 84 valence electrons. The summed E-state index contributed by atoms with van der Waals surface area (Å²) in [4.78, 5) is 0. The molecule has 0 radical (unpaired) electrons. The first-order valence-corrected chi connectivity index (χ1v) is 5.51. The van der Waals surface area contributed by atoms with Gasteiger partial charge in [-0.15, -0.1) is 0 Å². The van der Waals surface area contributed by atoms with Gasteiger partial charge in [-0.25, -0.2) is 0 Å². The number of benzene rings is 1.